The average Bonchev–Trinajstić information content (AvgIpc) is 2.53. The van der Waals surface area contributed by atoms with Crippen LogP contribution in [0.5, 0.6) is 0 Å². The molecule has 0 bridgehead atoms. The lowest BCUT2D eigenvalue weighted by atomic mass is 10.1. The van der Waals surface area contributed by atoms with Gasteiger partial charge in [0.15, 0.2) is 0 Å². The summed E-state index contributed by atoms with van der Waals surface area (Å²) in [4.78, 5) is 0. The summed E-state index contributed by atoms with van der Waals surface area (Å²) in [5, 5.41) is 0.629. The van der Waals surface area contributed by atoms with Gasteiger partial charge in [0.1, 0.15) is 5.44 Å². The molecule has 2 heteroatoms. The van der Waals surface area contributed by atoms with Gasteiger partial charge in [-0.05, 0) is 18.1 Å². The van der Waals surface area contributed by atoms with Crippen LogP contribution in [0, 0.1) is 6.92 Å². The third-order valence-corrected chi connectivity index (χ3v) is 3.52. The summed E-state index contributed by atoms with van der Waals surface area (Å²) in [6, 6.07) is 8.45. The van der Waals surface area contributed by atoms with Crippen LogP contribution in [-0.2, 0) is 4.74 Å². The topological polar surface area (TPSA) is 9.23 Å². The first-order valence-electron chi connectivity index (χ1n) is 4.60. The van der Waals surface area contributed by atoms with Gasteiger partial charge in [-0.1, -0.05) is 31.2 Å². The minimum atomic E-state index is 0.260. The van der Waals surface area contributed by atoms with E-state index in [0.717, 1.165) is 6.61 Å². The molecule has 1 aromatic rings. The monoisotopic (exact) mass is 194 g/mol. The maximum absolute atomic E-state index is 5.70. The van der Waals surface area contributed by atoms with Crippen molar-refractivity contribution >= 4 is 11.8 Å². The molecule has 1 aliphatic heterocycles. The fourth-order valence-electron chi connectivity index (χ4n) is 1.53. The second-order valence-corrected chi connectivity index (χ2v) is 4.97. The summed E-state index contributed by atoms with van der Waals surface area (Å²) < 4.78 is 5.70. The molecule has 0 amide bonds. The lowest BCUT2D eigenvalue weighted by Crippen LogP contribution is -1.95. The second-order valence-electron chi connectivity index (χ2n) is 3.47. The first-order valence-corrected chi connectivity index (χ1v) is 5.54. The highest BCUT2D eigenvalue weighted by atomic mass is 32.2. The Morgan fingerprint density at radius 1 is 1.38 bits per heavy atom. The smallest absolute Gasteiger partial charge is 0.129 e. The summed E-state index contributed by atoms with van der Waals surface area (Å²) in [7, 11) is 0. The van der Waals surface area contributed by atoms with E-state index in [4.69, 9.17) is 4.74 Å². The molecule has 1 fully saturated rings. The standard InChI is InChI=1S/C11H14OS/c1-8-5-3-4-6-10(8)11-12-7-9(2)13-11/h3-6,9,11H,7H2,1-2H3. The summed E-state index contributed by atoms with van der Waals surface area (Å²) in [6.07, 6.45) is 0. The first kappa shape index (κ1) is 9.10. The number of hydrogen-bond acceptors (Lipinski definition) is 2. The van der Waals surface area contributed by atoms with Gasteiger partial charge in [-0.25, -0.2) is 0 Å². The Bertz CT molecular complexity index is 298. The largest absolute Gasteiger partial charge is 0.362 e. The Morgan fingerprint density at radius 2 is 2.15 bits per heavy atom. The van der Waals surface area contributed by atoms with Crippen LogP contribution in [-0.4, -0.2) is 11.9 Å². The molecule has 0 spiro atoms. The molecule has 2 unspecified atom stereocenters. The zero-order valence-corrected chi connectivity index (χ0v) is 8.80. The molecule has 0 aromatic heterocycles. The average molecular weight is 194 g/mol. The highest BCUT2D eigenvalue weighted by molar-refractivity contribution is 8.00. The minimum absolute atomic E-state index is 0.260. The van der Waals surface area contributed by atoms with E-state index in [9.17, 15) is 0 Å². The van der Waals surface area contributed by atoms with E-state index < -0.39 is 0 Å². The fraction of sp³-hybridized carbons (Fsp3) is 0.455. The van der Waals surface area contributed by atoms with E-state index in [1.807, 2.05) is 11.8 Å². The lowest BCUT2D eigenvalue weighted by Gasteiger charge is -2.11. The van der Waals surface area contributed by atoms with Crippen LogP contribution < -0.4 is 0 Å². The van der Waals surface area contributed by atoms with Gasteiger partial charge >= 0.3 is 0 Å². The quantitative estimate of drug-likeness (QED) is 0.679. The van der Waals surface area contributed by atoms with E-state index >= 15 is 0 Å². The van der Waals surface area contributed by atoms with Crippen molar-refractivity contribution in [2.45, 2.75) is 24.5 Å². The molecule has 0 radical (unpaired) electrons. The van der Waals surface area contributed by atoms with Gasteiger partial charge in [-0.3, -0.25) is 0 Å². The van der Waals surface area contributed by atoms with E-state index in [2.05, 4.69) is 38.1 Å². The maximum atomic E-state index is 5.70. The lowest BCUT2D eigenvalue weighted by molar-refractivity contribution is 0.136. The Balaban J connectivity index is 2.21. The Hall–Kier alpha value is -0.470. The van der Waals surface area contributed by atoms with Gasteiger partial charge in [0, 0.05) is 5.25 Å². The number of aryl methyl sites for hydroxylation is 1. The van der Waals surface area contributed by atoms with Crippen LogP contribution in [0.25, 0.3) is 0 Å². The van der Waals surface area contributed by atoms with Crippen LogP contribution in [0.15, 0.2) is 24.3 Å². The van der Waals surface area contributed by atoms with Crippen molar-refractivity contribution in [3.8, 4) is 0 Å². The van der Waals surface area contributed by atoms with Crippen LogP contribution >= 0.6 is 11.8 Å². The van der Waals surface area contributed by atoms with Gasteiger partial charge < -0.3 is 4.74 Å². The zero-order chi connectivity index (χ0) is 9.26. The molecule has 70 valence electrons. The van der Waals surface area contributed by atoms with Gasteiger partial charge in [-0.2, -0.15) is 0 Å². The molecule has 1 aliphatic rings. The predicted octanol–water partition coefficient (Wildman–Crippen LogP) is 3.15. The van der Waals surface area contributed by atoms with Crippen molar-refractivity contribution in [2.75, 3.05) is 6.61 Å². The van der Waals surface area contributed by atoms with E-state index in [1.165, 1.54) is 11.1 Å². The Labute approximate surface area is 83.5 Å². The number of benzene rings is 1. The van der Waals surface area contributed by atoms with Crippen LogP contribution in [0.4, 0.5) is 0 Å². The van der Waals surface area contributed by atoms with E-state index in [-0.39, 0.29) is 5.44 Å². The highest BCUT2D eigenvalue weighted by Gasteiger charge is 2.24. The molecule has 0 saturated carbocycles. The van der Waals surface area contributed by atoms with Gasteiger partial charge in [-0.15, -0.1) is 11.8 Å². The van der Waals surface area contributed by atoms with Crippen molar-refractivity contribution in [3.63, 3.8) is 0 Å². The summed E-state index contributed by atoms with van der Waals surface area (Å²) in [6.45, 7) is 5.23. The van der Waals surface area contributed by atoms with E-state index in [0.29, 0.717) is 5.25 Å². The number of hydrogen-bond donors (Lipinski definition) is 0. The minimum Gasteiger partial charge on any atom is -0.362 e. The predicted molar refractivity (Wildman–Crippen MR) is 56.9 cm³/mol. The molecule has 0 aliphatic carbocycles. The molecule has 2 atom stereocenters. The molecule has 1 saturated heterocycles. The van der Waals surface area contributed by atoms with Crippen molar-refractivity contribution < 1.29 is 4.74 Å². The summed E-state index contributed by atoms with van der Waals surface area (Å²) in [5.74, 6) is 0. The molecule has 1 nitrogen and oxygen atoms in total. The highest BCUT2D eigenvalue weighted by Crippen LogP contribution is 2.40. The van der Waals surface area contributed by atoms with Crippen molar-refractivity contribution in [1.29, 1.82) is 0 Å². The molecule has 1 heterocycles. The normalized spacial score (nSPS) is 27.8. The Morgan fingerprint density at radius 3 is 2.77 bits per heavy atom. The number of ether oxygens (including phenoxy) is 1. The number of thioether (sulfide) groups is 1. The maximum Gasteiger partial charge on any atom is 0.129 e. The van der Waals surface area contributed by atoms with Crippen LogP contribution in [0.3, 0.4) is 0 Å². The summed E-state index contributed by atoms with van der Waals surface area (Å²) >= 11 is 1.91. The van der Waals surface area contributed by atoms with Gasteiger partial charge in [0.25, 0.3) is 0 Å². The number of rotatable bonds is 1. The van der Waals surface area contributed by atoms with Crippen molar-refractivity contribution in [2.24, 2.45) is 0 Å². The molecular weight excluding hydrogens is 180 g/mol. The molecule has 0 N–H and O–H groups in total. The van der Waals surface area contributed by atoms with Crippen LogP contribution in [0.1, 0.15) is 23.5 Å². The molecular formula is C11H14OS. The van der Waals surface area contributed by atoms with E-state index in [1.54, 1.807) is 0 Å². The van der Waals surface area contributed by atoms with Crippen molar-refractivity contribution in [1.82, 2.24) is 0 Å². The van der Waals surface area contributed by atoms with Gasteiger partial charge in [0.05, 0.1) is 6.61 Å². The Kier molecular flexibility index (Phi) is 2.61. The third-order valence-electron chi connectivity index (χ3n) is 2.28. The third kappa shape index (κ3) is 1.89. The molecule has 2 rings (SSSR count). The van der Waals surface area contributed by atoms with Crippen molar-refractivity contribution in [3.05, 3.63) is 35.4 Å². The summed E-state index contributed by atoms with van der Waals surface area (Å²) in [5.41, 5.74) is 2.92. The van der Waals surface area contributed by atoms with Crippen LogP contribution in [0.2, 0.25) is 0 Å². The zero-order valence-electron chi connectivity index (χ0n) is 7.99. The SMILES string of the molecule is Cc1ccccc1C1OCC(C)S1. The fourth-order valence-corrected chi connectivity index (χ4v) is 2.67. The van der Waals surface area contributed by atoms with Gasteiger partial charge in [0.2, 0.25) is 0 Å². The first-order chi connectivity index (χ1) is 6.27. The molecule has 13 heavy (non-hydrogen) atoms. The second kappa shape index (κ2) is 3.72. The molecule has 1 aromatic carbocycles.